The fraction of sp³-hybridized carbons (Fsp3) is 0.353. The highest BCUT2D eigenvalue weighted by atomic mass is 15.2. The Hall–Kier alpha value is -1.87. The number of anilines is 1. The van der Waals surface area contributed by atoms with Crippen molar-refractivity contribution in [1.29, 1.82) is 0 Å². The van der Waals surface area contributed by atoms with Crippen molar-refractivity contribution in [2.75, 3.05) is 5.73 Å². The molecule has 0 saturated heterocycles. The average molecular weight is 267 g/mol. The van der Waals surface area contributed by atoms with Gasteiger partial charge < -0.3 is 5.73 Å². The van der Waals surface area contributed by atoms with E-state index < -0.39 is 0 Å². The van der Waals surface area contributed by atoms with Gasteiger partial charge in [0, 0.05) is 31.0 Å². The van der Waals surface area contributed by atoms with Crippen LogP contribution in [-0.2, 0) is 13.1 Å². The second-order valence-corrected chi connectivity index (χ2v) is 5.65. The van der Waals surface area contributed by atoms with Crippen molar-refractivity contribution in [2.45, 2.75) is 38.9 Å². The molecule has 0 spiro atoms. The predicted octanol–water partition coefficient (Wildman–Crippen LogP) is 3.14. The van der Waals surface area contributed by atoms with Crippen LogP contribution in [0.5, 0.6) is 0 Å². The summed E-state index contributed by atoms with van der Waals surface area (Å²) >= 11 is 0. The molecule has 2 N–H and O–H groups in total. The number of nitrogen functional groups attached to an aromatic ring is 1. The van der Waals surface area contributed by atoms with Crippen LogP contribution in [0.3, 0.4) is 0 Å². The number of nitrogens with zero attached hydrogens (tertiary/aromatic N) is 2. The molecule has 0 aliphatic heterocycles. The maximum Gasteiger partial charge on any atom is 0.0573 e. The van der Waals surface area contributed by atoms with Crippen LogP contribution in [0.2, 0.25) is 0 Å². The summed E-state index contributed by atoms with van der Waals surface area (Å²) in [6, 6.07) is 13.0. The van der Waals surface area contributed by atoms with Crippen LogP contribution in [0.25, 0.3) is 0 Å². The Balaban J connectivity index is 1.75. The Bertz CT molecular complexity index is 590. The van der Waals surface area contributed by atoms with E-state index in [4.69, 9.17) is 5.73 Å². The molecule has 1 heterocycles. The highest BCUT2D eigenvalue weighted by molar-refractivity contribution is 5.40. The SMILES string of the molecule is Cc1cccnc1CN(Cc1cccc(N)c1)C1CC1. The number of pyridine rings is 1. The highest BCUT2D eigenvalue weighted by Gasteiger charge is 2.29. The van der Waals surface area contributed by atoms with Gasteiger partial charge in [-0.15, -0.1) is 0 Å². The van der Waals surface area contributed by atoms with Crippen molar-refractivity contribution < 1.29 is 0 Å². The molecule has 0 amide bonds. The van der Waals surface area contributed by atoms with E-state index in [1.807, 2.05) is 24.4 Å². The molecule has 20 heavy (non-hydrogen) atoms. The van der Waals surface area contributed by atoms with Crippen LogP contribution >= 0.6 is 0 Å². The van der Waals surface area contributed by atoms with E-state index in [0.29, 0.717) is 6.04 Å². The van der Waals surface area contributed by atoms with Crippen molar-refractivity contribution in [1.82, 2.24) is 9.88 Å². The predicted molar refractivity (Wildman–Crippen MR) is 82.1 cm³/mol. The molecule has 2 aromatic rings. The summed E-state index contributed by atoms with van der Waals surface area (Å²) in [6.45, 7) is 4.01. The second kappa shape index (κ2) is 5.63. The number of hydrogen-bond donors (Lipinski definition) is 1. The third kappa shape index (κ3) is 3.17. The molecule has 1 fully saturated rings. The topological polar surface area (TPSA) is 42.2 Å². The molecule has 0 bridgehead atoms. The van der Waals surface area contributed by atoms with Gasteiger partial charge in [-0.05, 0) is 49.1 Å². The standard InChI is InChI=1S/C17H21N3/c1-13-4-3-9-19-17(13)12-20(16-7-8-16)11-14-5-2-6-15(18)10-14/h2-6,9-10,16H,7-8,11-12,18H2,1H3. The van der Waals surface area contributed by atoms with Gasteiger partial charge >= 0.3 is 0 Å². The lowest BCUT2D eigenvalue weighted by Crippen LogP contribution is -2.26. The monoisotopic (exact) mass is 267 g/mol. The molecule has 1 aliphatic rings. The van der Waals surface area contributed by atoms with E-state index in [1.165, 1.54) is 29.7 Å². The van der Waals surface area contributed by atoms with E-state index >= 15 is 0 Å². The number of rotatable bonds is 5. The van der Waals surface area contributed by atoms with E-state index in [1.54, 1.807) is 0 Å². The zero-order chi connectivity index (χ0) is 13.9. The largest absolute Gasteiger partial charge is 0.399 e. The molecule has 104 valence electrons. The van der Waals surface area contributed by atoms with Gasteiger partial charge in [-0.3, -0.25) is 9.88 Å². The fourth-order valence-corrected chi connectivity index (χ4v) is 2.56. The van der Waals surface area contributed by atoms with Crippen molar-refractivity contribution in [2.24, 2.45) is 0 Å². The lowest BCUT2D eigenvalue weighted by atomic mass is 10.1. The van der Waals surface area contributed by atoms with Crippen LogP contribution in [0, 0.1) is 6.92 Å². The van der Waals surface area contributed by atoms with Crippen LogP contribution in [-0.4, -0.2) is 15.9 Å². The van der Waals surface area contributed by atoms with Gasteiger partial charge in [0.05, 0.1) is 5.69 Å². The van der Waals surface area contributed by atoms with Crippen molar-refractivity contribution >= 4 is 5.69 Å². The normalized spacial score (nSPS) is 14.7. The summed E-state index contributed by atoms with van der Waals surface area (Å²) in [5, 5.41) is 0. The van der Waals surface area contributed by atoms with E-state index in [0.717, 1.165) is 18.8 Å². The Kier molecular flexibility index (Phi) is 3.70. The number of nitrogens with two attached hydrogens (primary N) is 1. The molecular weight excluding hydrogens is 246 g/mol. The van der Waals surface area contributed by atoms with Gasteiger partial charge in [0.2, 0.25) is 0 Å². The Morgan fingerprint density at radius 2 is 2.05 bits per heavy atom. The van der Waals surface area contributed by atoms with Crippen LogP contribution < -0.4 is 5.73 Å². The molecule has 3 heteroatoms. The Morgan fingerprint density at radius 1 is 1.20 bits per heavy atom. The van der Waals surface area contributed by atoms with Gasteiger partial charge in [-0.2, -0.15) is 0 Å². The minimum absolute atomic E-state index is 0.706. The second-order valence-electron chi connectivity index (χ2n) is 5.65. The highest BCUT2D eigenvalue weighted by Crippen LogP contribution is 2.30. The van der Waals surface area contributed by atoms with Crippen molar-refractivity contribution in [3.05, 3.63) is 59.4 Å². The summed E-state index contributed by atoms with van der Waals surface area (Å²) in [5.41, 5.74) is 10.4. The number of aryl methyl sites for hydroxylation is 1. The number of hydrogen-bond acceptors (Lipinski definition) is 3. The molecule has 0 atom stereocenters. The Morgan fingerprint density at radius 3 is 2.75 bits per heavy atom. The molecule has 3 nitrogen and oxygen atoms in total. The molecule has 1 aliphatic carbocycles. The van der Waals surface area contributed by atoms with Gasteiger partial charge in [-0.25, -0.2) is 0 Å². The average Bonchev–Trinajstić information content (AvgIpc) is 3.25. The van der Waals surface area contributed by atoms with Gasteiger partial charge in [0.1, 0.15) is 0 Å². The maximum atomic E-state index is 5.87. The number of aromatic nitrogens is 1. The maximum absolute atomic E-state index is 5.87. The van der Waals surface area contributed by atoms with Gasteiger partial charge in [0.15, 0.2) is 0 Å². The number of benzene rings is 1. The Labute approximate surface area is 120 Å². The molecule has 1 aromatic heterocycles. The minimum atomic E-state index is 0.706. The molecule has 1 saturated carbocycles. The molecular formula is C17H21N3. The zero-order valence-electron chi connectivity index (χ0n) is 11.9. The molecule has 0 radical (unpaired) electrons. The van der Waals surface area contributed by atoms with Crippen LogP contribution in [0.1, 0.15) is 29.7 Å². The first-order valence-corrected chi connectivity index (χ1v) is 7.21. The van der Waals surface area contributed by atoms with Crippen molar-refractivity contribution in [3.63, 3.8) is 0 Å². The van der Waals surface area contributed by atoms with E-state index in [2.05, 4.69) is 35.0 Å². The van der Waals surface area contributed by atoms with E-state index in [-0.39, 0.29) is 0 Å². The third-order valence-electron chi connectivity index (χ3n) is 3.87. The quantitative estimate of drug-likeness (QED) is 0.846. The third-order valence-corrected chi connectivity index (χ3v) is 3.87. The van der Waals surface area contributed by atoms with Gasteiger partial charge in [0.25, 0.3) is 0 Å². The van der Waals surface area contributed by atoms with Gasteiger partial charge in [-0.1, -0.05) is 18.2 Å². The molecule has 1 aromatic carbocycles. The van der Waals surface area contributed by atoms with Crippen LogP contribution in [0.4, 0.5) is 5.69 Å². The lowest BCUT2D eigenvalue weighted by molar-refractivity contribution is 0.242. The summed E-state index contributed by atoms with van der Waals surface area (Å²) in [5.74, 6) is 0. The first-order valence-electron chi connectivity index (χ1n) is 7.21. The summed E-state index contributed by atoms with van der Waals surface area (Å²) in [4.78, 5) is 7.04. The first-order chi connectivity index (χ1) is 9.72. The summed E-state index contributed by atoms with van der Waals surface area (Å²) in [7, 11) is 0. The lowest BCUT2D eigenvalue weighted by Gasteiger charge is -2.22. The smallest absolute Gasteiger partial charge is 0.0573 e. The zero-order valence-corrected chi connectivity index (χ0v) is 11.9. The first kappa shape index (κ1) is 13.1. The molecule has 3 rings (SSSR count). The fourth-order valence-electron chi connectivity index (χ4n) is 2.56. The van der Waals surface area contributed by atoms with Crippen LogP contribution in [0.15, 0.2) is 42.6 Å². The summed E-state index contributed by atoms with van der Waals surface area (Å²) < 4.78 is 0. The molecule has 0 unspecified atom stereocenters. The minimum Gasteiger partial charge on any atom is -0.399 e. The van der Waals surface area contributed by atoms with E-state index in [9.17, 15) is 0 Å². The van der Waals surface area contributed by atoms with Crippen molar-refractivity contribution in [3.8, 4) is 0 Å². The summed E-state index contributed by atoms with van der Waals surface area (Å²) in [6.07, 6.45) is 4.48.